The molecule has 0 heterocycles. The van der Waals surface area contributed by atoms with E-state index in [1.807, 2.05) is 20.8 Å². The first-order chi connectivity index (χ1) is 8.31. The average Bonchev–Trinajstić information content (AvgIpc) is 2.52. The molecule has 106 valence electrons. The van der Waals surface area contributed by atoms with E-state index in [1.165, 1.54) is 0 Å². The third kappa shape index (κ3) is 2.41. The van der Waals surface area contributed by atoms with E-state index in [-0.39, 0.29) is 22.7 Å². The lowest BCUT2D eigenvalue weighted by molar-refractivity contribution is -0.198. The highest BCUT2D eigenvalue weighted by atomic mass is 16.6. The predicted molar refractivity (Wildman–Crippen MR) is 70.9 cm³/mol. The van der Waals surface area contributed by atoms with Crippen molar-refractivity contribution >= 4 is 5.91 Å². The maximum absolute atomic E-state index is 12.1. The molecule has 18 heavy (non-hydrogen) atoms. The van der Waals surface area contributed by atoms with Gasteiger partial charge in [0.1, 0.15) is 0 Å². The monoisotopic (exact) mass is 257 g/mol. The second-order valence-corrected chi connectivity index (χ2v) is 5.93. The van der Waals surface area contributed by atoms with E-state index in [9.17, 15) is 9.90 Å². The van der Waals surface area contributed by atoms with Gasteiger partial charge < -0.3 is 15.2 Å². The van der Waals surface area contributed by atoms with Gasteiger partial charge in [0.2, 0.25) is 5.91 Å². The molecule has 1 fully saturated rings. The molecular weight excluding hydrogens is 230 g/mol. The fraction of sp³-hybridized carbons (Fsp3) is 0.929. The van der Waals surface area contributed by atoms with Crippen LogP contribution in [0.15, 0.2) is 0 Å². The second-order valence-electron chi connectivity index (χ2n) is 5.93. The molecule has 4 nitrogen and oxygen atoms in total. The molecule has 0 aromatic rings. The molecule has 1 saturated carbocycles. The summed E-state index contributed by atoms with van der Waals surface area (Å²) in [5.41, 5.74) is -0.653. The molecular formula is C14H27NO3. The van der Waals surface area contributed by atoms with E-state index < -0.39 is 6.29 Å². The molecule has 1 aliphatic rings. The lowest BCUT2D eigenvalue weighted by Gasteiger charge is -2.43. The Balaban J connectivity index is 2.90. The molecule has 0 aliphatic heterocycles. The highest BCUT2D eigenvalue weighted by molar-refractivity contribution is 5.80. The maximum Gasteiger partial charge on any atom is 0.223 e. The Bertz CT molecular complexity index is 303. The third-order valence-electron chi connectivity index (χ3n) is 4.83. The van der Waals surface area contributed by atoms with E-state index in [1.54, 1.807) is 0 Å². The minimum atomic E-state index is -0.808. The molecule has 4 heteroatoms. The van der Waals surface area contributed by atoms with Crippen molar-refractivity contribution in [2.45, 2.75) is 53.8 Å². The smallest absolute Gasteiger partial charge is 0.223 e. The molecule has 1 rings (SSSR count). The van der Waals surface area contributed by atoms with Crippen molar-refractivity contribution < 1.29 is 14.6 Å². The summed E-state index contributed by atoms with van der Waals surface area (Å²) in [6.07, 6.45) is 0.805. The Morgan fingerprint density at radius 3 is 2.56 bits per heavy atom. The van der Waals surface area contributed by atoms with Crippen LogP contribution in [0.25, 0.3) is 0 Å². The molecule has 1 amide bonds. The van der Waals surface area contributed by atoms with E-state index in [4.69, 9.17) is 4.74 Å². The number of rotatable bonds is 5. The molecule has 0 saturated heterocycles. The van der Waals surface area contributed by atoms with Crippen molar-refractivity contribution in [1.82, 2.24) is 5.32 Å². The van der Waals surface area contributed by atoms with Crippen LogP contribution in [0, 0.1) is 16.7 Å². The first-order valence-electron chi connectivity index (χ1n) is 6.88. The minimum Gasteiger partial charge on any atom is -0.367 e. The van der Waals surface area contributed by atoms with Gasteiger partial charge in [-0.15, -0.1) is 0 Å². The van der Waals surface area contributed by atoms with Crippen molar-refractivity contribution in [2.75, 3.05) is 13.2 Å². The number of aliphatic hydroxyl groups excluding tert-OH is 1. The number of carbonyl (C=O) groups is 1. The Morgan fingerprint density at radius 1 is 1.44 bits per heavy atom. The average molecular weight is 257 g/mol. The van der Waals surface area contributed by atoms with Gasteiger partial charge in [-0.05, 0) is 32.1 Å². The van der Waals surface area contributed by atoms with Crippen LogP contribution in [0.1, 0.15) is 47.5 Å². The van der Waals surface area contributed by atoms with Gasteiger partial charge in [0.15, 0.2) is 6.29 Å². The van der Waals surface area contributed by atoms with Crippen molar-refractivity contribution in [3.05, 3.63) is 0 Å². The second kappa shape index (κ2) is 5.57. The molecule has 0 radical (unpaired) electrons. The minimum absolute atomic E-state index is 0.0578. The topological polar surface area (TPSA) is 58.6 Å². The fourth-order valence-corrected chi connectivity index (χ4v) is 3.06. The summed E-state index contributed by atoms with van der Waals surface area (Å²) in [5.74, 6) is 0.0347. The summed E-state index contributed by atoms with van der Waals surface area (Å²) in [5, 5.41) is 13.1. The van der Waals surface area contributed by atoms with Gasteiger partial charge in [-0.25, -0.2) is 0 Å². The summed E-state index contributed by atoms with van der Waals surface area (Å²) in [6, 6.07) is 0. The van der Waals surface area contributed by atoms with Crippen LogP contribution in [0.3, 0.4) is 0 Å². The summed E-state index contributed by atoms with van der Waals surface area (Å²) < 4.78 is 5.38. The SMILES string of the molecule is CCNC(=O)[C@@H]1CC[C@](C)(C(O)OCC)C1(C)C. The zero-order valence-corrected chi connectivity index (χ0v) is 12.2. The first-order valence-corrected chi connectivity index (χ1v) is 6.88. The van der Waals surface area contributed by atoms with Gasteiger partial charge >= 0.3 is 0 Å². The normalized spacial score (nSPS) is 32.2. The molecule has 1 unspecified atom stereocenters. The number of nitrogens with one attached hydrogen (secondary N) is 1. The summed E-state index contributed by atoms with van der Waals surface area (Å²) in [7, 11) is 0. The number of ether oxygens (including phenoxy) is 1. The molecule has 0 bridgehead atoms. The number of amides is 1. The fourth-order valence-electron chi connectivity index (χ4n) is 3.06. The van der Waals surface area contributed by atoms with Crippen LogP contribution in [0.2, 0.25) is 0 Å². The van der Waals surface area contributed by atoms with Crippen molar-refractivity contribution in [3.8, 4) is 0 Å². The summed E-state index contributed by atoms with van der Waals surface area (Å²) in [4.78, 5) is 12.1. The van der Waals surface area contributed by atoms with E-state index >= 15 is 0 Å². The van der Waals surface area contributed by atoms with Crippen molar-refractivity contribution in [3.63, 3.8) is 0 Å². The molecule has 3 atom stereocenters. The van der Waals surface area contributed by atoms with Gasteiger partial charge in [0.25, 0.3) is 0 Å². The third-order valence-corrected chi connectivity index (χ3v) is 4.83. The largest absolute Gasteiger partial charge is 0.367 e. The van der Waals surface area contributed by atoms with Gasteiger partial charge in [0.05, 0.1) is 0 Å². The van der Waals surface area contributed by atoms with Crippen LogP contribution < -0.4 is 5.32 Å². The van der Waals surface area contributed by atoms with Gasteiger partial charge in [-0.1, -0.05) is 20.8 Å². The standard InChI is InChI=1S/C14H27NO3/c1-6-15-11(16)10-8-9-14(5,13(10,3)4)12(17)18-7-2/h10,12,17H,6-9H2,1-5H3,(H,15,16)/t10-,12?,14+/m0/s1. The lowest BCUT2D eigenvalue weighted by Crippen LogP contribution is -2.48. The zero-order chi connectivity index (χ0) is 14.0. The molecule has 0 spiro atoms. The van der Waals surface area contributed by atoms with Crippen LogP contribution in [0.5, 0.6) is 0 Å². The van der Waals surface area contributed by atoms with Crippen LogP contribution >= 0.6 is 0 Å². The highest BCUT2D eigenvalue weighted by Crippen LogP contribution is 2.57. The van der Waals surface area contributed by atoms with Crippen LogP contribution in [-0.2, 0) is 9.53 Å². The predicted octanol–water partition coefficient (Wildman–Crippen LogP) is 1.92. The van der Waals surface area contributed by atoms with Crippen LogP contribution in [0.4, 0.5) is 0 Å². The summed E-state index contributed by atoms with van der Waals surface area (Å²) in [6.45, 7) is 11.1. The number of hydrogen-bond acceptors (Lipinski definition) is 3. The Kier molecular flexibility index (Phi) is 4.78. The van der Waals surface area contributed by atoms with E-state index in [0.717, 1.165) is 12.8 Å². The van der Waals surface area contributed by atoms with Gasteiger partial charge in [-0.2, -0.15) is 0 Å². The number of carbonyl (C=O) groups excluding carboxylic acids is 1. The lowest BCUT2D eigenvalue weighted by atomic mass is 9.65. The Hall–Kier alpha value is -0.610. The number of hydrogen-bond donors (Lipinski definition) is 2. The molecule has 0 aromatic carbocycles. The Morgan fingerprint density at radius 2 is 2.06 bits per heavy atom. The van der Waals surface area contributed by atoms with Crippen molar-refractivity contribution in [1.29, 1.82) is 0 Å². The highest BCUT2D eigenvalue weighted by Gasteiger charge is 2.57. The first kappa shape index (κ1) is 15.4. The molecule has 0 aromatic heterocycles. The molecule has 1 aliphatic carbocycles. The van der Waals surface area contributed by atoms with Gasteiger partial charge in [-0.3, -0.25) is 4.79 Å². The van der Waals surface area contributed by atoms with E-state index in [0.29, 0.717) is 13.2 Å². The number of aliphatic hydroxyl groups is 1. The quantitative estimate of drug-likeness (QED) is 0.740. The van der Waals surface area contributed by atoms with Crippen LogP contribution in [-0.4, -0.2) is 30.5 Å². The van der Waals surface area contributed by atoms with Crippen molar-refractivity contribution in [2.24, 2.45) is 16.7 Å². The summed E-state index contributed by atoms with van der Waals surface area (Å²) >= 11 is 0. The maximum atomic E-state index is 12.1. The zero-order valence-electron chi connectivity index (χ0n) is 12.2. The molecule has 2 N–H and O–H groups in total. The van der Waals surface area contributed by atoms with Gasteiger partial charge in [0, 0.05) is 24.5 Å². The Labute approximate surface area is 110 Å². The van der Waals surface area contributed by atoms with E-state index in [2.05, 4.69) is 19.2 Å².